The summed E-state index contributed by atoms with van der Waals surface area (Å²) in [6, 6.07) is 2.81. The smallest absolute Gasteiger partial charge is 0.408 e. The van der Waals surface area contributed by atoms with Crippen molar-refractivity contribution >= 4 is 44.9 Å². The number of nitrogens with one attached hydrogen (secondary N) is 3. The van der Waals surface area contributed by atoms with Gasteiger partial charge < -0.3 is 29.7 Å². The number of fused-ring (bicyclic) bond motifs is 5. The van der Waals surface area contributed by atoms with Gasteiger partial charge in [0.05, 0.1) is 29.4 Å². The van der Waals surface area contributed by atoms with Crippen molar-refractivity contribution in [1.29, 1.82) is 0 Å². The lowest BCUT2D eigenvalue weighted by Crippen LogP contribution is -2.61. The molecule has 8 atom stereocenters. The number of nitrogens with zero attached hydrogens (tertiary/aromatic N) is 3. The molecule has 1 aromatic heterocycles. The van der Waals surface area contributed by atoms with Crippen LogP contribution in [-0.4, -0.2) is 101 Å². The zero-order chi connectivity index (χ0) is 45.0. The molecule has 0 spiro atoms. The van der Waals surface area contributed by atoms with E-state index in [1.54, 1.807) is 40.0 Å². The van der Waals surface area contributed by atoms with E-state index in [4.69, 9.17) is 24.2 Å². The molecule has 3 heterocycles. The van der Waals surface area contributed by atoms with Gasteiger partial charge in [-0.2, -0.15) is 0 Å². The lowest BCUT2D eigenvalue weighted by atomic mass is 9.85. The van der Waals surface area contributed by atoms with Crippen LogP contribution in [0, 0.1) is 23.2 Å². The summed E-state index contributed by atoms with van der Waals surface area (Å²) < 4.78 is 73.5. The molecule has 4 amide bonds. The van der Waals surface area contributed by atoms with E-state index >= 15 is 4.79 Å². The second-order valence-corrected chi connectivity index (χ2v) is 21.9. The van der Waals surface area contributed by atoms with Gasteiger partial charge in [-0.15, -0.1) is 0 Å². The Bertz CT molecular complexity index is 2180. The summed E-state index contributed by atoms with van der Waals surface area (Å²) in [5.74, 6) is -3.46. The minimum Gasteiger partial charge on any atom is -0.497 e. The number of rotatable bonds is 9. The Labute approximate surface area is 362 Å². The fraction of sp³-hybridized carbons (Fsp3) is 0.727. The van der Waals surface area contributed by atoms with E-state index in [1.165, 1.54) is 11.8 Å². The zero-order valence-electron chi connectivity index (χ0n) is 36.9. The highest BCUT2D eigenvalue weighted by Crippen LogP contribution is 2.50. The molecule has 2 bridgehead atoms. The van der Waals surface area contributed by atoms with E-state index in [1.807, 2.05) is 19.9 Å². The summed E-state index contributed by atoms with van der Waals surface area (Å²) >= 11 is 0. The van der Waals surface area contributed by atoms with Gasteiger partial charge in [0, 0.05) is 18.4 Å². The molecule has 1 aromatic carbocycles. The molecule has 3 saturated carbocycles. The van der Waals surface area contributed by atoms with Gasteiger partial charge in [-0.25, -0.2) is 32.0 Å². The molecular weight excluding hydrogens is 827 g/mol. The monoisotopic (exact) mass is 888 g/mol. The minimum absolute atomic E-state index is 0.117. The van der Waals surface area contributed by atoms with Crippen LogP contribution in [0.4, 0.5) is 13.6 Å². The van der Waals surface area contributed by atoms with Gasteiger partial charge in [-0.3, -0.25) is 19.1 Å². The normalized spacial score (nSPS) is 31.4. The van der Waals surface area contributed by atoms with Crippen molar-refractivity contribution in [3.05, 3.63) is 23.9 Å². The van der Waals surface area contributed by atoms with Gasteiger partial charge in [-0.05, 0) is 107 Å². The second kappa shape index (κ2) is 17.0. The number of hydrogen-bond donors (Lipinski definition) is 3. The number of methoxy groups -OCH3 is 1. The lowest BCUT2D eigenvalue weighted by molar-refractivity contribution is -0.144. The number of aryl methyl sites for hydroxylation is 1. The molecule has 342 valence electrons. The van der Waals surface area contributed by atoms with Crippen LogP contribution >= 0.6 is 0 Å². The van der Waals surface area contributed by atoms with E-state index in [2.05, 4.69) is 15.4 Å². The maximum absolute atomic E-state index is 15.1. The fourth-order valence-corrected chi connectivity index (χ4v) is 11.2. The number of amides is 4. The first-order valence-corrected chi connectivity index (χ1v) is 23.6. The molecule has 3 aliphatic carbocycles. The number of carbonyl (C=O) groups is 4. The standard InChI is InChI=1S/C44H62F2N6O9S/c1-8-28-32-24-52(34(28)36(53)50-44(23-26(44)21-33(45)46)39(55)51-62(57,58)42(5)19-20-42)38(54)35(41(2,3)4)49-40(56)61-43(6)18-12-14-25(43)13-10-9-11-15-30-37(60-32)48-31-22-27(59-7)16-17-29(31)47-30/h16-17,22,25-26,28,32-35H,8-15,18-21,23-24H2,1-7H3,(H,49,56)(H,50,53)(H,51,55)/t25-,26-,28-,32+,34?,35-,43-,44-/m1/s1. The average molecular weight is 889 g/mol. The van der Waals surface area contributed by atoms with Gasteiger partial charge in [0.1, 0.15) is 40.8 Å². The molecule has 0 radical (unpaired) electrons. The number of alkyl carbamates (subject to hydrolysis) is 1. The number of ether oxygens (including phenoxy) is 3. The average Bonchev–Trinajstić information content (AvgIpc) is 4.03. The Hall–Kier alpha value is -4.35. The van der Waals surface area contributed by atoms with Crippen LogP contribution in [-0.2, 0) is 35.6 Å². The molecule has 3 N–H and O–H groups in total. The lowest BCUT2D eigenvalue weighted by Gasteiger charge is -2.37. The van der Waals surface area contributed by atoms with E-state index in [9.17, 15) is 31.6 Å². The number of sulfonamides is 1. The molecule has 7 rings (SSSR count). The maximum atomic E-state index is 15.1. The highest BCUT2D eigenvalue weighted by atomic mass is 32.2. The van der Waals surface area contributed by atoms with Crippen molar-refractivity contribution in [2.45, 2.75) is 166 Å². The van der Waals surface area contributed by atoms with Crippen LogP contribution in [0.25, 0.3) is 11.0 Å². The van der Waals surface area contributed by atoms with Crippen LogP contribution in [0.3, 0.4) is 0 Å². The molecule has 18 heteroatoms. The van der Waals surface area contributed by atoms with Gasteiger partial charge in [-0.1, -0.05) is 40.5 Å². The predicted octanol–water partition coefficient (Wildman–Crippen LogP) is 5.97. The van der Waals surface area contributed by atoms with Gasteiger partial charge in [0.15, 0.2) is 0 Å². The topological polar surface area (TPSA) is 195 Å². The van der Waals surface area contributed by atoms with Gasteiger partial charge >= 0.3 is 6.09 Å². The zero-order valence-corrected chi connectivity index (χ0v) is 37.7. The van der Waals surface area contributed by atoms with Gasteiger partial charge in [0.25, 0.3) is 5.91 Å². The van der Waals surface area contributed by atoms with Crippen LogP contribution in [0.1, 0.15) is 124 Å². The molecular formula is C44H62F2N6O9S. The minimum atomic E-state index is -4.20. The van der Waals surface area contributed by atoms with E-state index in [0.717, 1.165) is 38.5 Å². The third-order valence-electron chi connectivity index (χ3n) is 14.2. The third-order valence-corrected chi connectivity index (χ3v) is 16.4. The maximum Gasteiger partial charge on any atom is 0.408 e. The largest absolute Gasteiger partial charge is 0.497 e. The summed E-state index contributed by atoms with van der Waals surface area (Å²) in [4.78, 5) is 69.0. The Morgan fingerprint density at radius 3 is 2.44 bits per heavy atom. The SMILES string of the molecule is CC[C@H]1C(C(=O)N[C@]2(C(=O)NS(=O)(=O)C3(C)CC3)C[C@H]2CC(F)F)N2C[C@@H]1Oc1nc3cc(OC)ccc3nc1CCCCC[C@@H]1CCC[C@@]1(C)OC(=O)N[C@@H](C(C)(C)C)C2=O. The van der Waals surface area contributed by atoms with E-state index < -0.39 is 98.0 Å². The molecule has 1 saturated heterocycles. The molecule has 5 aliphatic rings. The first-order valence-electron chi connectivity index (χ1n) is 22.1. The predicted molar refractivity (Wildman–Crippen MR) is 225 cm³/mol. The van der Waals surface area contributed by atoms with Crippen molar-refractivity contribution < 1.29 is 50.6 Å². The number of benzene rings is 1. The third kappa shape index (κ3) is 9.03. The Morgan fingerprint density at radius 2 is 1.77 bits per heavy atom. The Balaban J connectivity index is 1.29. The summed E-state index contributed by atoms with van der Waals surface area (Å²) in [5, 5.41) is 5.55. The van der Waals surface area contributed by atoms with Crippen LogP contribution in [0.15, 0.2) is 18.2 Å². The molecule has 62 heavy (non-hydrogen) atoms. The number of hydrogen-bond acceptors (Lipinski definition) is 11. The first-order chi connectivity index (χ1) is 29.1. The van der Waals surface area contributed by atoms with Crippen LogP contribution in [0.2, 0.25) is 0 Å². The number of alkyl halides is 2. The van der Waals surface area contributed by atoms with Crippen LogP contribution in [0.5, 0.6) is 11.6 Å². The summed E-state index contributed by atoms with van der Waals surface area (Å²) in [5.41, 5.74) is -1.88. The van der Waals surface area contributed by atoms with Crippen molar-refractivity contribution in [2.24, 2.45) is 23.2 Å². The summed E-state index contributed by atoms with van der Waals surface area (Å²) in [7, 11) is -2.65. The number of halogens is 2. The highest BCUT2D eigenvalue weighted by molar-refractivity contribution is 7.91. The quantitative estimate of drug-likeness (QED) is 0.269. The summed E-state index contributed by atoms with van der Waals surface area (Å²) in [6.45, 7) is 10.4. The fourth-order valence-electron chi connectivity index (χ4n) is 9.85. The van der Waals surface area contributed by atoms with Crippen molar-refractivity contribution in [3.8, 4) is 11.6 Å². The van der Waals surface area contributed by atoms with Crippen LogP contribution < -0.4 is 24.8 Å². The van der Waals surface area contributed by atoms with E-state index in [-0.39, 0.29) is 31.2 Å². The summed E-state index contributed by atoms with van der Waals surface area (Å²) in [6.07, 6.45) is 1.86. The molecule has 2 aliphatic heterocycles. The van der Waals surface area contributed by atoms with Crippen molar-refractivity contribution in [1.82, 2.24) is 30.2 Å². The second-order valence-electron chi connectivity index (χ2n) is 19.7. The molecule has 4 fully saturated rings. The van der Waals surface area contributed by atoms with Gasteiger partial charge in [0.2, 0.25) is 34.1 Å². The highest BCUT2D eigenvalue weighted by Gasteiger charge is 2.65. The molecule has 2 aromatic rings. The molecule has 15 nitrogen and oxygen atoms in total. The van der Waals surface area contributed by atoms with Crippen molar-refractivity contribution in [3.63, 3.8) is 0 Å². The van der Waals surface area contributed by atoms with E-state index in [0.29, 0.717) is 48.2 Å². The molecule has 1 unspecified atom stereocenters. The first kappa shape index (κ1) is 45.7. The van der Waals surface area contributed by atoms with Crippen molar-refractivity contribution in [2.75, 3.05) is 13.7 Å². The number of aromatic nitrogens is 2. The Kier molecular flexibility index (Phi) is 12.5. The number of carbonyl (C=O) groups excluding carboxylic acids is 4. The Morgan fingerprint density at radius 1 is 1.05 bits per heavy atom.